The zero-order valence-electron chi connectivity index (χ0n) is 9.05. The van der Waals surface area contributed by atoms with Crippen LogP contribution < -0.4 is 4.74 Å². The zero-order chi connectivity index (χ0) is 10.8. The monoisotopic (exact) mass is 191 g/mol. The number of carbonyl (C=O) groups excluding carboxylic acids is 1. The molecule has 0 aliphatic heterocycles. The normalized spacial score (nSPS) is 11.1. The van der Waals surface area contributed by atoms with Crippen LogP contribution in [0.4, 0.5) is 0 Å². The fourth-order valence-electron chi connectivity index (χ4n) is 1.36. The molecule has 0 atom stereocenters. The minimum Gasteiger partial charge on any atom is -0.496 e. The van der Waals surface area contributed by atoms with Gasteiger partial charge in [0.05, 0.1) is 7.11 Å². The molecule has 0 bridgehead atoms. The number of rotatable bonds is 2. The maximum Gasteiger partial charge on any atom is 0.233 e. The van der Waals surface area contributed by atoms with Gasteiger partial charge in [-0.05, 0) is 23.6 Å². The number of methoxy groups -OCH3 is 1. The van der Waals surface area contributed by atoms with Crippen LogP contribution in [-0.4, -0.2) is 13.4 Å². The second kappa shape index (κ2) is 3.82. The Labute approximate surface area is 84.9 Å². The molecule has 0 amide bonds. The van der Waals surface area contributed by atoms with Crippen molar-refractivity contribution < 1.29 is 9.53 Å². The van der Waals surface area contributed by atoms with Crippen LogP contribution in [0.5, 0.6) is 5.75 Å². The molecule has 1 aromatic carbocycles. The van der Waals surface area contributed by atoms with Crippen LogP contribution in [0.2, 0.25) is 0 Å². The third kappa shape index (κ3) is 2.13. The molecule has 1 aromatic rings. The van der Waals surface area contributed by atoms with Crippen molar-refractivity contribution in [1.29, 1.82) is 0 Å². The van der Waals surface area contributed by atoms with E-state index in [2.05, 4.69) is 20.8 Å². The lowest BCUT2D eigenvalue weighted by atomic mass is 9.85. The van der Waals surface area contributed by atoms with Gasteiger partial charge in [-0.2, -0.15) is 0 Å². The molecule has 0 unspecified atom stereocenters. The van der Waals surface area contributed by atoms with Gasteiger partial charge in [-0.3, -0.25) is 4.79 Å². The summed E-state index contributed by atoms with van der Waals surface area (Å²) in [4.78, 5) is 10.5. The van der Waals surface area contributed by atoms with E-state index in [0.29, 0.717) is 5.56 Å². The lowest BCUT2D eigenvalue weighted by Gasteiger charge is -2.22. The van der Waals surface area contributed by atoms with E-state index in [1.165, 1.54) is 0 Å². The van der Waals surface area contributed by atoms with Crippen LogP contribution in [0.3, 0.4) is 0 Å². The summed E-state index contributed by atoms with van der Waals surface area (Å²) in [5.74, 6) is 0.816. The SMILES string of the molecule is COc1ccc([C]=O)cc1C(C)(C)C. The Morgan fingerprint density at radius 3 is 2.36 bits per heavy atom. The summed E-state index contributed by atoms with van der Waals surface area (Å²) in [6.45, 7) is 6.25. The molecule has 1 rings (SSSR count). The van der Waals surface area contributed by atoms with E-state index in [1.54, 1.807) is 19.2 Å². The Morgan fingerprint density at radius 2 is 1.93 bits per heavy atom. The number of benzene rings is 1. The highest BCUT2D eigenvalue weighted by molar-refractivity contribution is 5.76. The fraction of sp³-hybridized carbons (Fsp3) is 0.417. The summed E-state index contributed by atoms with van der Waals surface area (Å²) >= 11 is 0. The summed E-state index contributed by atoms with van der Waals surface area (Å²) in [7, 11) is 1.63. The zero-order valence-corrected chi connectivity index (χ0v) is 9.05. The Morgan fingerprint density at radius 1 is 1.29 bits per heavy atom. The maximum absolute atomic E-state index is 10.5. The Kier molecular flexibility index (Phi) is 2.94. The van der Waals surface area contributed by atoms with Crippen LogP contribution in [0.25, 0.3) is 0 Å². The molecule has 0 aliphatic rings. The molecule has 0 aromatic heterocycles. The number of hydrogen-bond acceptors (Lipinski definition) is 2. The van der Waals surface area contributed by atoms with Crippen molar-refractivity contribution in [3.05, 3.63) is 29.3 Å². The molecule has 2 heteroatoms. The molecule has 2 nitrogen and oxygen atoms in total. The van der Waals surface area contributed by atoms with Crippen molar-refractivity contribution in [1.82, 2.24) is 0 Å². The third-order valence-corrected chi connectivity index (χ3v) is 2.13. The van der Waals surface area contributed by atoms with Gasteiger partial charge in [0.1, 0.15) is 5.75 Å². The summed E-state index contributed by atoms with van der Waals surface area (Å²) < 4.78 is 5.24. The first-order valence-corrected chi connectivity index (χ1v) is 4.55. The second-order valence-corrected chi connectivity index (χ2v) is 4.27. The molecule has 0 heterocycles. The summed E-state index contributed by atoms with van der Waals surface area (Å²) in [5.41, 5.74) is 1.56. The Bertz CT molecular complexity index is 335. The average molecular weight is 191 g/mol. The van der Waals surface area contributed by atoms with Gasteiger partial charge in [0.25, 0.3) is 0 Å². The highest BCUT2D eigenvalue weighted by Crippen LogP contribution is 2.31. The van der Waals surface area contributed by atoms with Gasteiger partial charge in [-0.25, -0.2) is 0 Å². The molecule has 0 N–H and O–H groups in total. The van der Waals surface area contributed by atoms with E-state index in [0.717, 1.165) is 11.3 Å². The van der Waals surface area contributed by atoms with Gasteiger partial charge in [-0.1, -0.05) is 20.8 Å². The van der Waals surface area contributed by atoms with Crippen LogP contribution in [0, 0.1) is 0 Å². The van der Waals surface area contributed by atoms with Crippen molar-refractivity contribution >= 4 is 6.29 Å². The van der Waals surface area contributed by atoms with E-state index >= 15 is 0 Å². The van der Waals surface area contributed by atoms with Crippen molar-refractivity contribution in [3.63, 3.8) is 0 Å². The maximum atomic E-state index is 10.5. The van der Waals surface area contributed by atoms with Crippen molar-refractivity contribution in [2.45, 2.75) is 26.2 Å². The Balaban J connectivity index is 3.29. The van der Waals surface area contributed by atoms with Crippen molar-refractivity contribution in [2.75, 3.05) is 7.11 Å². The van der Waals surface area contributed by atoms with Crippen LogP contribution in [0.1, 0.15) is 31.9 Å². The van der Waals surface area contributed by atoms with E-state index in [1.807, 2.05) is 12.4 Å². The molecule has 0 saturated carbocycles. The van der Waals surface area contributed by atoms with Gasteiger partial charge >= 0.3 is 0 Å². The standard InChI is InChI=1S/C12H15O2/c1-12(2,3)10-7-9(8-13)5-6-11(10)14-4/h5-7H,1-4H3. The van der Waals surface area contributed by atoms with Crippen molar-refractivity contribution in [2.24, 2.45) is 0 Å². The molecule has 0 saturated heterocycles. The summed E-state index contributed by atoms with van der Waals surface area (Å²) in [5, 5.41) is 0. The van der Waals surface area contributed by atoms with E-state index in [-0.39, 0.29) is 5.41 Å². The predicted octanol–water partition coefficient (Wildman–Crippen LogP) is 2.45. The predicted molar refractivity (Wildman–Crippen MR) is 56.5 cm³/mol. The van der Waals surface area contributed by atoms with Gasteiger partial charge in [0, 0.05) is 11.1 Å². The molecular formula is C12H15O2. The van der Waals surface area contributed by atoms with Gasteiger partial charge < -0.3 is 4.74 Å². The lowest BCUT2D eigenvalue weighted by molar-refractivity contribution is 0.397. The van der Waals surface area contributed by atoms with Gasteiger partial charge in [-0.15, -0.1) is 0 Å². The van der Waals surface area contributed by atoms with Gasteiger partial charge in [0.2, 0.25) is 6.29 Å². The minimum absolute atomic E-state index is 0.0296. The van der Waals surface area contributed by atoms with E-state index < -0.39 is 0 Å². The molecule has 14 heavy (non-hydrogen) atoms. The molecular weight excluding hydrogens is 176 g/mol. The quantitative estimate of drug-likeness (QED) is 0.717. The van der Waals surface area contributed by atoms with Gasteiger partial charge in [0.15, 0.2) is 0 Å². The molecule has 1 radical (unpaired) electrons. The molecule has 0 fully saturated rings. The average Bonchev–Trinajstić information content (AvgIpc) is 2.15. The highest BCUT2D eigenvalue weighted by Gasteiger charge is 2.19. The first kappa shape index (κ1) is 10.8. The number of hydrogen-bond donors (Lipinski definition) is 0. The second-order valence-electron chi connectivity index (χ2n) is 4.27. The Hall–Kier alpha value is -1.31. The van der Waals surface area contributed by atoms with Crippen LogP contribution >= 0.6 is 0 Å². The first-order chi connectivity index (χ1) is 6.49. The van der Waals surface area contributed by atoms with Crippen LogP contribution in [0.15, 0.2) is 18.2 Å². The summed E-state index contributed by atoms with van der Waals surface area (Å²) in [6, 6.07) is 5.34. The molecule has 0 aliphatic carbocycles. The van der Waals surface area contributed by atoms with E-state index in [9.17, 15) is 4.79 Å². The highest BCUT2D eigenvalue weighted by atomic mass is 16.5. The minimum atomic E-state index is -0.0296. The van der Waals surface area contributed by atoms with E-state index in [4.69, 9.17) is 4.74 Å². The molecule has 0 spiro atoms. The smallest absolute Gasteiger partial charge is 0.233 e. The topological polar surface area (TPSA) is 26.3 Å². The first-order valence-electron chi connectivity index (χ1n) is 4.55. The largest absolute Gasteiger partial charge is 0.496 e. The fourth-order valence-corrected chi connectivity index (χ4v) is 1.36. The summed E-state index contributed by atoms with van der Waals surface area (Å²) in [6.07, 6.45) is 1.89. The third-order valence-electron chi connectivity index (χ3n) is 2.13. The molecule has 75 valence electrons. The lowest BCUT2D eigenvalue weighted by Crippen LogP contribution is -2.13. The van der Waals surface area contributed by atoms with Crippen molar-refractivity contribution in [3.8, 4) is 5.75 Å². The number of ether oxygens (including phenoxy) is 1. The van der Waals surface area contributed by atoms with Crippen LogP contribution in [-0.2, 0) is 10.2 Å².